The Hall–Kier alpha value is -3.12. The molecule has 26 heavy (non-hydrogen) atoms. The zero-order chi connectivity index (χ0) is 18.4. The molecule has 3 aromatic rings. The molecule has 0 radical (unpaired) electrons. The molecule has 3 N–H and O–H groups in total. The Morgan fingerprint density at radius 3 is 2.23 bits per heavy atom. The molecule has 0 spiro atoms. The highest BCUT2D eigenvalue weighted by Crippen LogP contribution is 2.25. The number of amides is 2. The van der Waals surface area contributed by atoms with E-state index in [-0.39, 0.29) is 5.91 Å². The summed E-state index contributed by atoms with van der Waals surface area (Å²) in [5.74, 6) is -0.959. The topological polar surface area (TPSA) is 85.1 Å². The molecular formula is C20H17N3O2S. The van der Waals surface area contributed by atoms with Crippen molar-refractivity contribution in [3.05, 3.63) is 90.1 Å². The summed E-state index contributed by atoms with van der Waals surface area (Å²) in [7, 11) is 0. The van der Waals surface area contributed by atoms with E-state index in [1.165, 1.54) is 11.8 Å². The predicted molar refractivity (Wildman–Crippen MR) is 101 cm³/mol. The van der Waals surface area contributed by atoms with Crippen molar-refractivity contribution in [3.8, 4) is 0 Å². The molecule has 6 heteroatoms. The second-order valence-electron chi connectivity index (χ2n) is 5.51. The summed E-state index contributed by atoms with van der Waals surface area (Å²) in [6.07, 6.45) is 1.73. The lowest BCUT2D eigenvalue weighted by molar-refractivity contribution is -0.120. The quantitative estimate of drug-likeness (QED) is 0.704. The van der Waals surface area contributed by atoms with Gasteiger partial charge in [0, 0.05) is 16.7 Å². The fraction of sp³-hybridized carbons (Fsp3) is 0.0500. The number of carbonyl (C=O) groups excluding carboxylic acids is 2. The Morgan fingerprint density at radius 2 is 1.62 bits per heavy atom. The largest absolute Gasteiger partial charge is 0.368 e. The summed E-state index contributed by atoms with van der Waals surface area (Å²) in [5.41, 5.74) is 6.55. The smallest absolute Gasteiger partial charge is 0.252 e. The molecule has 1 unspecified atom stereocenters. The van der Waals surface area contributed by atoms with Gasteiger partial charge in [0.15, 0.2) is 0 Å². The number of carbonyl (C=O) groups is 2. The van der Waals surface area contributed by atoms with Gasteiger partial charge in [-0.05, 0) is 42.0 Å². The van der Waals surface area contributed by atoms with Crippen LogP contribution in [0.3, 0.4) is 0 Å². The lowest BCUT2D eigenvalue weighted by atomic mass is 10.1. The van der Waals surface area contributed by atoms with Gasteiger partial charge in [-0.1, -0.05) is 48.2 Å². The molecule has 3 rings (SSSR count). The molecule has 0 fully saturated rings. The second kappa shape index (κ2) is 8.31. The number of nitrogens with zero attached hydrogens (tertiary/aromatic N) is 1. The first-order valence-electron chi connectivity index (χ1n) is 7.97. The third-order valence-corrected chi connectivity index (χ3v) is 4.63. The van der Waals surface area contributed by atoms with Crippen LogP contribution < -0.4 is 11.1 Å². The van der Waals surface area contributed by atoms with E-state index in [9.17, 15) is 9.59 Å². The number of aromatic nitrogens is 1. The predicted octanol–water partition coefficient (Wildman–Crippen LogP) is 3.19. The number of hydrogen-bond donors (Lipinski definition) is 2. The lowest BCUT2D eigenvalue weighted by Gasteiger charge is -2.16. The highest BCUT2D eigenvalue weighted by atomic mass is 32.2. The van der Waals surface area contributed by atoms with E-state index in [0.29, 0.717) is 11.1 Å². The summed E-state index contributed by atoms with van der Waals surface area (Å²) in [4.78, 5) is 29.4. The first-order valence-corrected chi connectivity index (χ1v) is 8.79. The molecule has 2 amide bonds. The zero-order valence-electron chi connectivity index (χ0n) is 13.8. The van der Waals surface area contributed by atoms with Gasteiger partial charge in [0.1, 0.15) is 11.1 Å². The van der Waals surface area contributed by atoms with E-state index in [2.05, 4.69) is 10.3 Å². The van der Waals surface area contributed by atoms with Gasteiger partial charge in [-0.15, -0.1) is 0 Å². The average molecular weight is 363 g/mol. The van der Waals surface area contributed by atoms with E-state index in [1.807, 2.05) is 36.4 Å². The number of nitrogens with two attached hydrogens (primary N) is 1. The summed E-state index contributed by atoms with van der Waals surface area (Å²) in [6, 6.07) is 20.9. The van der Waals surface area contributed by atoms with Gasteiger partial charge in [-0.25, -0.2) is 4.98 Å². The number of nitrogens with one attached hydrogen (secondary N) is 1. The molecule has 2 aromatic carbocycles. The lowest BCUT2D eigenvalue weighted by Crippen LogP contribution is -2.37. The Morgan fingerprint density at radius 1 is 0.923 bits per heavy atom. The van der Waals surface area contributed by atoms with Gasteiger partial charge >= 0.3 is 0 Å². The van der Waals surface area contributed by atoms with Crippen LogP contribution in [-0.4, -0.2) is 16.8 Å². The van der Waals surface area contributed by atoms with Crippen molar-refractivity contribution in [1.29, 1.82) is 0 Å². The molecule has 1 aromatic heterocycles. The highest BCUT2D eigenvalue weighted by Gasteiger charge is 2.20. The van der Waals surface area contributed by atoms with Gasteiger partial charge in [0.05, 0.1) is 0 Å². The summed E-state index contributed by atoms with van der Waals surface area (Å²) in [6.45, 7) is 0. The maximum atomic E-state index is 12.5. The zero-order valence-corrected chi connectivity index (χ0v) is 14.6. The van der Waals surface area contributed by atoms with Crippen molar-refractivity contribution in [3.63, 3.8) is 0 Å². The molecule has 1 heterocycles. The minimum Gasteiger partial charge on any atom is -0.368 e. The number of primary amides is 1. The van der Waals surface area contributed by atoms with Gasteiger partial charge in [0.25, 0.3) is 5.91 Å². The fourth-order valence-corrected chi connectivity index (χ4v) is 3.16. The summed E-state index contributed by atoms with van der Waals surface area (Å²) >= 11 is 1.51. The molecule has 0 aliphatic heterocycles. The Labute approximate surface area is 155 Å². The first-order chi connectivity index (χ1) is 12.6. The van der Waals surface area contributed by atoms with E-state index in [0.717, 1.165) is 9.92 Å². The van der Waals surface area contributed by atoms with Crippen LogP contribution >= 0.6 is 11.8 Å². The van der Waals surface area contributed by atoms with Crippen molar-refractivity contribution in [2.45, 2.75) is 16.0 Å². The number of pyridine rings is 1. The fourth-order valence-electron chi connectivity index (χ4n) is 2.38. The van der Waals surface area contributed by atoms with E-state index < -0.39 is 11.9 Å². The second-order valence-corrected chi connectivity index (χ2v) is 6.61. The van der Waals surface area contributed by atoms with Gasteiger partial charge in [-0.2, -0.15) is 0 Å². The van der Waals surface area contributed by atoms with Gasteiger partial charge < -0.3 is 11.1 Å². The highest BCUT2D eigenvalue weighted by molar-refractivity contribution is 7.99. The van der Waals surface area contributed by atoms with Crippen LogP contribution in [0.15, 0.2) is 88.9 Å². The molecule has 1 atom stereocenters. The number of benzene rings is 2. The molecule has 0 bridgehead atoms. The first kappa shape index (κ1) is 17.7. The minimum atomic E-state index is -0.869. The Kier molecular flexibility index (Phi) is 5.66. The summed E-state index contributed by atoms with van der Waals surface area (Å²) < 4.78 is 0. The Balaban J connectivity index is 1.70. The molecule has 0 aliphatic carbocycles. The van der Waals surface area contributed by atoms with Crippen LogP contribution in [0, 0.1) is 0 Å². The SMILES string of the molecule is NC(=O)C(NC(=O)c1ccc(Sc2ccccn2)cc1)c1ccccc1. The van der Waals surface area contributed by atoms with Gasteiger partial charge in [-0.3, -0.25) is 9.59 Å². The van der Waals surface area contributed by atoms with Crippen LogP contribution in [0.25, 0.3) is 0 Å². The maximum absolute atomic E-state index is 12.5. The minimum absolute atomic E-state index is 0.355. The number of hydrogen-bond acceptors (Lipinski definition) is 4. The van der Waals surface area contributed by atoms with Crippen LogP contribution in [0.1, 0.15) is 22.0 Å². The molecular weight excluding hydrogens is 346 g/mol. The van der Waals surface area contributed by atoms with Crippen molar-refractivity contribution < 1.29 is 9.59 Å². The maximum Gasteiger partial charge on any atom is 0.252 e. The van der Waals surface area contributed by atoms with Crippen LogP contribution in [0.5, 0.6) is 0 Å². The molecule has 0 saturated carbocycles. The van der Waals surface area contributed by atoms with Crippen LogP contribution in [-0.2, 0) is 4.79 Å². The van der Waals surface area contributed by atoms with Crippen LogP contribution in [0.2, 0.25) is 0 Å². The molecule has 0 saturated heterocycles. The molecule has 130 valence electrons. The molecule has 5 nitrogen and oxygen atoms in total. The number of rotatable bonds is 6. The van der Waals surface area contributed by atoms with Crippen molar-refractivity contribution in [1.82, 2.24) is 10.3 Å². The monoisotopic (exact) mass is 363 g/mol. The molecule has 0 aliphatic rings. The van der Waals surface area contributed by atoms with Crippen LogP contribution in [0.4, 0.5) is 0 Å². The third-order valence-electron chi connectivity index (χ3n) is 3.67. The van der Waals surface area contributed by atoms with Crippen molar-refractivity contribution >= 4 is 23.6 Å². The van der Waals surface area contributed by atoms with Gasteiger partial charge in [0.2, 0.25) is 5.91 Å². The van der Waals surface area contributed by atoms with E-state index in [1.54, 1.807) is 42.6 Å². The standard InChI is InChI=1S/C20H17N3O2S/c21-19(24)18(14-6-2-1-3-7-14)23-20(25)15-9-11-16(12-10-15)26-17-8-4-5-13-22-17/h1-13,18H,(H2,21,24)(H,23,25). The van der Waals surface area contributed by atoms with Crippen molar-refractivity contribution in [2.75, 3.05) is 0 Å². The Bertz CT molecular complexity index is 884. The van der Waals surface area contributed by atoms with E-state index in [4.69, 9.17) is 5.73 Å². The third kappa shape index (κ3) is 4.49. The average Bonchev–Trinajstić information content (AvgIpc) is 2.68. The van der Waals surface area contributed by atoms with E-state index >= 15 is 0 Å². The summed E-state index contributed by atoms with van der Waals surface area (Å²) in [5, 5.41) is 3.56. The normalized spacial score (nSPS) is 11.5. The van der Waals surface area contributed by atoms with Crippen molar-refractivity contribution in [2.24, 2.45) is 5.73 Å².